The van der Waals surface area contributed by atoms with Crippen LogP contribution in [0.5, 0.6) is 0 Å². The van der Waals surface area contributed by atoms with Crippen LogP contribution in [-0.4, -0.2) is 33.7 Å². The second-order valence-electron chi connectivity index (χ2n) is 3.55. The van der Waals surface area contributed by atoms with Crippen LogP contribution in [-0.2, 0) is 4.79 Å². The lowest BCUT2D eigenvalue weighted by Crippen LogP contribution is -2.26. The number of carbonyl (C=O) groups excluding carboxylic acids is 1. The maximum atomic E-state index is 11.1. The second kappa shape index (κ2) is 3.73. The molecule has 0 bridgehead atoms. The molecular weight excluding hydrogens is 246 g/mol. The van der Waals surface area contributed by atoms with Crippen LogP contribution in [0.4, 0.5) is 0 Å². The number of aromatic nitrogens is 2. The zero-order valence-electron chi connectivity index (χ0n) is 7.98. The summed E-state index contributed by atoms with van der Waals surface area (Å²) in [5.41, 5.74) is 0. The summed E-state index contributed by atoms with van der Waals surface area (Å²) in [6.45, 7) is 3.24. The van der Waals surface area contributed by atoms with Gasteiger partial charge in [0.1, 0.15) is 0 Å². The van der Waals surface area contributed by atoms with Gasteiger partial charge in [0.05, 0.1) is 16.7 Å². The van der Waals surface area contributed by atoms with Crippen molar-refractivity contribution < 1.29 is 4.79 Å². The lowest BCUT2D eigenvalue weighted by Gasteiger charge is -2.13. The van der Waals surface area contributed by atoms with Crippen molar-refractivity contribution in [3.05, 3.63) is 16.9 Å². The van der Waals surface area contributed by atoms with Crippen molar-refractivity contribution in [2.45, 2.75) is 19.4 Å². The van der Waals surface area contributed by atoms with Gasteiger partial charge in [0, 0.05) is 26.2 Å². The number of rotatable bonds is 1. The average molecular weight is 258 g/mol. The predicted molar refractivity (Wildman–Crippen MR) is 55.8 cm³/mol. The predicted octanol–water partition coefficient (Wildman–Crippen LogP) is 1.44. The molecule has 1 saturated heterocycles. The van der Waals surface area contributed by atoms with Crippen LogP contribution in [0.1, 0.15) is 19.4 Å². The van der Waals surface area contributed by atoms with Gasteiger partial charge in [-0.3, -0.25) is 9.48 Å². The number of halogens is 1. The third-order valence-corrected chi connectivity index (χ3v) is 2.96. The van der Waals surface area contributed by atoms with Crippen LogP contribution in [0, 0.1) is 0 Å². The van der Waals surface area contributed by atoms with Gasteiger partial charge in [-0.15, -0.1) is 0 Å². The SMILES string of the molecule is CC(=O)N1CCC(n2cc(Br)cn2)C1. The van der Waals surface area contributed by atoms with E-state index in [0.29, 0.717) is 6.04 Å². The molecular formula is C9H12BrN3O. The molecule has 0 spiro atoms. The lowest BCUT2D eigenvalue weighted by molar-refractivity contribution is -0.127. The van der Waals surface area contributed by atoms with E-state index in [2.05, 4.69) is 21.0 Å². The molecule has 5 heteroatoms. The molecule has 1 aliphatic rings. The minimum absolute atomic E-state index is 0.152. The van der Waals surface area contributed by atoms with E-state index in [4.69, 9.17) is 0 Å². The fourth-order valence-corrected chi connectivity index (χ4v) is 2.06. The molecule has 14 heavy (non-hydrogen) atoms. The first-order valence-corrected chi connectivity index (χ1v) is 5.41. The molecule has 1 aromatic rings. The van der Waals surface area contributed by atoms with Crippen LogP contribution in [0.15, 0.2) is 16.9 Å². The fraction of sp³-hybridized carbons (Fsp3) is 0.556. The summed E-state index contributed by atoms with van der Waals surface area (Å²) in [6, 6.07) is 0.338. The van der Waals surface area contributed by atoms with Crippen molar-refractivity contribution in [2.75, 3.05) is 13.1 Å². The molecule has 1 atom stereocenters. The van der Waals surface area contributed by atoms with E-state index >= 15 is 0 Å². The normalized spacial score (nSPS) is 21.6. The largest absolute Gasteiger partial charge is 0.341 e. The molecule has 2 heterocycles. The molecule has 0 saturated carbocycles. The number of likely N-dealkylation sites (tertiary alicyclic amines) is 1. The van der Waals surface area contributed by atoms with E-state index in [9.17, 15) is 4.79 Å². The summed E-state index contributed by atoms with van der Waals surface area (Å²) in [7, 11) is 0. The topological polar surface area (TPSA) is 38.1 Å². The molecule has 2 rings (SSSR count). The van der Waals surface area contributed by atoms with Crippen LogP contribution in [0.2, 0.25) is 0 Å². The van der Waals surface area contributed by atoms with Gasteiger partial charge in [-0.2, -0.15) is 5.10 Å². The van der Waals surface area contributed by atoms with Gasteiger partial charge in [-0.1, -0.05) is 0 Å². The Morgan fingerprint density at radius 2 is 2.50 bits per heavy atom. The first-order valence-electron chi connectivity index (χ1n) is 4.62. The number of carbonyl (C=O) groups is 1. The maximum Gasteiger partial charge on any atom is 0.219 e. The van der Waals surface area contributed by atoms with E-state index in [-0.39, 0.29) is 5.91 Å². The van der Waals surface area contributed by atoms with Crippen LogP contribution in [0.3, 0.4) is 0 Å². The number of hydrogen-bond donors (Lipinski definition) is 0. The second-order valence-corrected chi connectivity index (χ2v) is 4.46. The van der Waals surface area contributed by atoms with Gasteiger partial charge >= 0.3 is 0 Å². The number of nitrogens with zero attached hydrogens (tertiary/aromatic N) is 3. The number of hydrogen-bond acceptors (Lipinski definition) is 2. The highest BCUT2D eigenvalue weighted by Crippen LogP contribution is 2.22. The molecule has 0 N–H and O–H groups in total. The van der Waals surface area contributed by atoms with Gasteiger partial charge in [-0.05, 0) is 22.4 Å². The van der Waals surface area contributed by atoms with E-state index in [1.54, 1.807) is 13.1 Å². The Labute approximate surface area is 91.0 Å². The third-order valence-electron chi connectivity index (χ3n) is 2.55. The molecule has 1 fully saturated rings. The first-order chi connectivity index (χ1) is 6.66. The van der Waals surface area contributed by atoms with Crippen LogP contribution < -0.4 is 0 Å². The Bertz CT molecular complexity index is 350. The highest BCUT2D eigenvalue weighted by Gasteiger charge is 2.25. The van der Waals surface area contributed by atoms with Crippen molar-refractivity contribution in [3.8, 4) is 0 Å². The quantitative estimate of drug-likeness (QED) is 0.764. The molecule has 1 unspecified atom stereocenters. The Balaban J connectivity index is 2.05. The van der Waals surface area contributed by atoms with E-state index < -0.39 is 0 Å². The lowest BCUT2D eigenvalue weighted by atomic mass is 10.3. The molecule has 1 amide bonds. The molecule has 1 aromatic heterocycles. The minimum atomic E-state index is 0.152. The van der Waals surface area contributed by atoms with E-state index in [1.807, 2.05) is 15.8 Å². The van der Waals surface area contributed by atoms with Gasteiger partial charge in [-0.25, -0.2) is 0 Å². The number of amides is 1. The van der Waals surface area contributed by atoms with Crippen molar-refractivity contribution in [2.24, 2.45) is 0 Å². The minimum Gasteiger partial charge on any atom is -0.341 e. The molecule has 0 aromatic carbocycles. The molecule has 1 aliphatic heterocycles. The summed E-state index contributed by atoms with van der Waals surface area (Å²) in [5, 5.41) is 4.22. The van der Waals surface area contributed by atoms with Crippen molar-refractivity contribution in [3.63, 3.8) is 0 Å². The van der Waals surface area contributed by atoms with E-state index in [1.165, 1.54) is 0 Å². The Hall–Kier alpha value is -0.840. The van der Waals surface area contributed by atoms with Gasteiger partial charge in [0.2, 0.25) is 5.91 Å². The summed E-state index contributed by atoms with van der Waals surface area (Å²) < 4.78 is 2.91. The van der Waals surface area contributed by atoms with Gasteiger partial charge < -0.3 is 4.90 Å². The summed E-state index contributed by atoms with van der Waals surface area (Å²) in [6.07, 6.45) is 4.72. The summed E-state index contributed by atoms with van der Waals surface area (Å²) in [5.74, 6) is 0.152. The van der Waals surface area contributed by atoms with E-state index in [0.717, 1.165) is 24.0 Å². The van der Waals surface area contributed by atoms with Crippen LogP contribution >= 0.6 is 15.9 Å². The molecule has 4 nitrogen and oxygen atoms in total. The standard InChI is InChI=1S/C9H12BrN3O/c1-7(14)12-3-2-9(6-12)13-5-8(10)4-11-13/h4-5,9H,2-3,6H2,1H3. The summed E-state index contributed by atoms with van der Waals surface area (Å²) >= 11 is 3.36. The zero-order valence-corrected chi connectivity index (χ0v) is 9.57. The van der Waals surface area contributed by atoms with Crippen LogP contribution in [0.25, 0.3) is 0 Å². The Kier molecular flexibility index (Phi) is 2.58. The van der Waals surface area contributed by atoms with Crippen molar-refractivity contribution in [1.29, 1.82) is 0 Å². The fourth-order valence-electron chi connectivity index (χ4n) is 1.76. The third kappa shape index (κ3) is 1.82. The van der Waals surface area contributed by atoms with Gasteiger partial charge in [0.15, 0.2) is 0 Å². The average Bonchev–Trinajstić information content (AvgIpc) is 2.70. The summed E-state index contributed by atoms with van der Waals surface area (Å²) in [4.78, 5) is 13.0. The van der Waals surface area contributed by atoms with Crippen molar-refractivity contribution >= 4 is 21.8 Å². The van der Waals surface area contributed by atoms with Gasteiger partial charge in [0.25, 0.3) is 0 Å². The van der Waals surface area contributed by atoms with Crippen molar-refractivity contribution in [1.82, 2.24) is 14.7 Å². The smallest absolute Gasteiger partial charge is 0.219 e. The monoisotopic (exact) mass is 257 g/mol. The molecule has 0 aliphatic carbocycles. The first kappa shape index (κ1) is 9.71. The zero-order chi connectivity index (χ0) is 10.1. The highest BCUT2D eigenvalue weighted by atomic mass is 79.9. The maximum absolute atomic E-state index is 11.1. The Morgan fingerprint density at radius 3 is 3.00 bits per heavy atom. The highest BCUT2D eigenvalue weighted by molar-refractivity contribution is 9.10. The molecule has 76 valence electrons. The Morgan fingerprint density at radius 1 is 1.71 bits per heavy atom. The molecule has 0 radical (unpaired) electrons.